The second-order valence-corrected chi connectivity index (χ2v) is 20.8. The van der Waals surface area contributed by atoms with Crippen molar-refractivity contribution in [2.45, 2.75) is 227 Å². The second kappa shape index (κ2) is 23.7. The van der Waals surface area contributed by atoms with E-state index in [1.54, 1.807) is 154 Å². The summed E-state index contributed by atoms with van der Waals surface area (Å²) in [5, 5.41) is 0. The maximum Gasteiger partial charge on any atom is 0.281 e. The van der Waals surface area contributed by atoms with Gasteiger partial charge in [0.15, 0.2) is 0 Å². The van der Waals surface area contributed by atoms with Crippen molar-refractivity contribution >= 4 is 35.0 Å². The van der Waals surface area contributed by atoms with E-state index in [4.69, 9.17) is 4.79 Å². The van der Waals surface area contributed by atoms with Crippen LogP contribution in [0.5, 0.6) is 0 Å². The van der Waals surface area contributed by atoms with Gasteiger partial charge in [-0.05, 0) is 111 Å². The van der Waals surface area contributed by atoms with Crippen molar-refractivity contribution in [2.75, 3.05) is 0 Å². The third-order valence-corrected chi connectivity index (χ3v) is 20.1. The van der Waals surface area contributed by atoms with Gasteiger partial charge in [0.05, 0.1) is 0 Å². The molecule has 6 fully saturated rings. The number of halogens is 1. The largest absolute Gasteiger partial charge is 0.281 e. The first kappa shape index (κ1) is 39.6. The van der Waals surface area contributed by atoms with E-state index < -0.39 is 0 Å². The Morgan fingerprint density at radius 2 is 0.405 bits per heavy atom. The topological polar surface area (TPSA) is 17.1 Å². The average Bonchev–Trinajstić information content (AvgIpc) is 3.06. The summed E-state index contributed by atoms with van der Waals surface area (Å²) in [6, 6.07) is 0. The summed E-state index contributed by atoms with van der Waals surface area (Å²) >= 11 is 0. The fourth-order valence-corrected chi connectivity index (χ4v) is 19.4. The Morgan fingerprint density at radius 3 is 0.524 bits per heavy atom. The van der Waals surface area contributed by atoms with E-state index in [9.17, 15) is 0 Å². The fraction of sp³-hybridized carbons (Fsp3) is 0.973. The van der Waals surface area contributed by atoms with Crippen LogP contribution in [0.3, 0.4) is 0 Å². The van der Waals surface area contributed by atoms with Crippen molar-refractivity contribution < 1.29 is 24.3 Å². The van der Waals surface area contributed by atoms with Crippen LogP contribution in [0.1, 0.15) is 193 Å². The molecule has 0 unspecified atom stereocenters. The van der Waals surface area contributed by atoms with Gasteiger partial charge in [-0.3, -0.25) is 4.79 Å². The van der Waals surface area contributed by atoms with Crippen molar-refractivity contribution in [3.8, 4) is 0 Å². The monoisotopic (exact) mass is 726 g/mol. The van der Waals surface area contributed by atoms with Crippen LogP contribution in [0.4, 0.5) is 0 Å². The Morgan fingerprint density at radius 1 is 0.286 bits per heavy atom. The zero-order valence-corrected chi connectivity index (χ0v) is 31.6. The van der Waals surface area contributed by atoms with Crippen LogP contribution in [0.2, 0.25) is 0 Å². The van der Waals surface area contributed by atoms with E-state index in [-0.39, 0.29) is 31.9 Å². The summed E-state index contributed by atoms with van der Waals surface area (Å²) in [4.78, 5) is 7.50. The van der Waals surface area contributed by atoms with Gasteiger partial charge in [0.25, 0.3) is 6.79 Å². The fourth-order valence-electron chi connectivity index (χ4n) is 10.1. The van der Waals surface area contributed by atoms with E-state index in [1.807, 2.05) is 0 Å². The van der Waals surface area contributed by atoms with Gasteiger partial charge in [-0.1, -0.05) is 131 Å². The minimum absolute atomic E-state index is 0. The van der Waals surface area contributed by atoms with Gasteiger partial charge < -0.3 is 0 Å². The number of rotatable bonds is 6. The van der Waals surface area contributed by atoms with Crippen LogP contribution in [0.25, 0.3) is 0 Å². The summed E-state index contributed by atoms with van der Waals surface area (Å²) in [5.74, 6) is 0. The summed E-state index contributed by atoms with van der Waals surface area (Å²) < 4.78 is 0. The Labute approximate surface area is 284 Å². The summed E-state index contributed by atoms with van der Waals surface area (Å²) in [6.45, 7) is 4.50. The number of hydrogen-bond acceptors (Lipinski definition) is 1. The summed E-state index contributed by atoms with van der Waals surface area (Å²) in [5.41, 5.74) is 7.14. The molecule has 6 aliphatic carbocycles. The molecule has 2 radical (unpaired) electrons. The zero-order chi connectivity index (χ0) is 27.8. The van der Waals surface area contributed by atoms with Gasteiger partial charge >= 0.3 is 0 Å². The molecule has 6 saturated carbocycles. The first-order valence-electron chi connectivity index (χ1n) is 18.7. The molecule has 1 nitrogen and oxygen atoms in total. The van der Waals surface area contributed by atoms with E-state index in [0.717, 1.165) is 0 Å². The SMILES string of the molecule is C1CCC(P(C2CCCCC2)C2CCCCC2)CC1.C1CCC(P(C2CCCCC2)C2CCCCC2)CC1.Cl.[C]=O.[Ru]. The smallest absolute Gasteiger partial charge is 0.281 e. The molecule has 0 aromatic rings. The van der Waals surface area contributed by atoms with Crippen molar-refractivity contribution in [3.63, 3.8) is 0 Å². The zero-order valence-electron chi connectivity index (χ0n) is 27.2. The van der Waals surface area contributed by atoms with Gasteiger partial charge in [0.1, 0.15) is 0 Å². The Bertz CT molecular complexity index is 492. The van der Waals surface area contributed by atoms with Crippen molar-refractivity contribution in [1.29, 1.82) is 0 Å². The molecular formula is C37H67ClOP2Ru. The molecular weight excluding hydrogens is 659 g/mol. The van der Waals surface area contributed by atoms with Gasteiger partial charge in [-0.25, -0.2) is 0 Å². The first-order valence-corrected chi connectivity index (χ1v) is 21.8. The molecule has 0 saturated heterocycles. The molecule has 0 aliphatic heterocycles. The van der Waals surface area contributed by atoms with Gasteiger partial charge in [-0.15, -0.1) is 12.4 Å². The first-order chi connectivity index (χ1) is 19.9. The molecule has 0 N–H and O–H groups in total. The predicted molar refractivity (Wildman–Crippen MR) is 188 cm³/mol. The van der Waals surface area contributed by atoms with E-state index in [0.29, 0.717) is 15.8 Å². The Kier molecular flexibility index (Phi) is 22.4. The van der Waals surface area contributed by atoms with Crippen LogP contribution in [0.15, 0.2) is 0 Å². The molecule has 0 aromatic carbocycles. The predicted octanol–water partition coefficient (Wildman–Crippen LogP) is 13.0. The molecule has 0 aromatic heterocycles. The van der Waals surface area contributed by atoms with Gasteiger partial charge in [0.2, 0.25) is 0 Å². The molecule has 6 aliphatic rings. The van der Waals surface area contributed by atoms with Crippen LogP contribution < -0.4 is 0 Å². The molecule has 0 spiro atoms. The molecule has 0 bridgehead atoms. The summed E-state index contributed by atoms with van der Waals surface area (Å²) in [6.07, 6.45) is 47.2. The molecule has 5 heteroatoms. The third-order valence-electron chi connectivity index (χ3n) is 12.0. The van der Waals surface area contributed by atoms with E-state index in [2.05, 4.69) is 6.79 Å². The Hall–Kier alpha value is 1.44. The van der Waals surface area contributed by atoms with Crippen molar-refractivity contribution in [1.82, 2.24) is 0 Å². The normalized spacial score (nSPS) is 26.2. The number of carbonyl (C=O) groups excluding carboxylic acids is 1. The minimum Gasteiger partial charge on any atom is -0.281 e. The summed E-state index contributed by atoms with van der Waals surface area (Å²) in [7, 11) is 0.770. The van der Waals surface area contributed by atoms with Crippen LogP contribution >= 0.6 is 28.3 Å². The van der Waals surface area contributed by atoms with Crippen LogP contribution in [-0.2, 0) is 24.3 Å². The van der Waals surface area contributed by atoms with Crippen LogP contribution in [0, 0.1) is 0 Å². The quantitative estimate of drug-likeness (QED) is 0.197. The standard InChI is InChI=1S/2C18H33P.CO.ClH.Ru/c2*1-4-10-16(11-5-1)19(17-12-6-2-7-13-17)18-14-8-3-9-15-18;1-2;;/h2*16-18H,1-15H2;;1H;. The maximum atomic E-state index is 7.50. The second-order valence-electron chi connectivity index (χ2n) is 14.6. The number of hydrogen-bond donors (Lipinski definition) is 0. The maximum absolute atomic E-state index is 7.50. The van der Waals surface area contributed by atoms with Crippen LogP contribution in [-0.4, -0.2) is 40.7 Å². The molecule has 0 heterocycles. The molecule has 6 rings (SSSR count). The molecule has 0 amide bonds. The van der Waals surface area contributed by atoms with Crippen molar-refractivity contribution in [3.05, 3.63) is 0 Å². The molecule has 42 heavy (non-hydrogen) atoms. The molecule has 246 valence electrons. The van der Waals surface area contributed by atoms with Crippen molar-refractivity contribution in [2.24, 2.45) is 0 Å². The Balaban J connectivity index is 0.000000265. The molecule has 0 atom stereocenters. The minimum atomic E-state index is 0. The third kappa shape index (κ3) is 12.6. The van der Waals surface area contributed by atoms with E-state index in [1.165, 1.54) is 72.5 Å². The average molecular weight is 726 g/mol. The van der Waals surface area contributed by atoms with Gasteiger partial charge in [0, 0.05) is 19.5 Å². The van der Waals surface area contributed by atoms with Gasteiger partial charge in [-0.2, -0.15) is 0 Å². The van der Waals surface area contributed by atoms with E-state index >= 15 is 0 Å².